The molecule has 10 nitrogen and oxygen atoms in total. The molecule has 2 fully saturated rings. The van der Waals surface area contributed by atoms with E-state index < -0.39 is 21.4 Å². The molecule has 2 saturated heterocycles. The number of sulfonamides is 1. The van der Waals surface area contributed by atoms with Gasteiger partial charge in [-0.15, -0.1) is 0 Å². The van der Waals surface area contributed by atoms with Crippen LogP contribution in [-0.2, 0) is 30.7 Å². The lowest BCUT2D eigenvalue weighted by molar-refractivity contribution is -0.158. The third kappa shape index (κ3) is 5.04. The van der Waals surface area contributed by atoms with Gasteiger partial charge in [-0.3, -0.25) is 4.79 Å². The maximum absolute atomic E-state index is 13.8. The molecule has 12 heteroatoms. The van der Waals surface area contributed by atoms with E-state index in [9.17, 15) is 17.6 Å². The fourth-order valence-electron chi connectivity index (χ4n) is 5.76. The Morgan fingerprint density at radius 3 is 2.51 bits per heavy atom. The molecule has 0 radical (unpaired) electrons. The van der Waals surface area contributed by atoms with Gasteiger partial charge < -0.3 is 14.4 Å². The van der Waals surface area contributed by atoms with Crippen molar-refractivity contribution in [2.45, 2.75) is 37.7 Å². The molecule has 4 heterocycles. The Bertz CT molecular complexity index is 1580. The van der Waals surface area contributed by atoms with Gasteiger partial charge in [0, 0.05) is 32.4 Å². The number of benzene rings is 1. The van der Waals surface area contributed by atoms with Gasteiger partial charge in [0.25, 0.3) is 0 Å². The molecule has 1 atom stereocenters. The summed E-state index contributed by atoms with van der Waals surface area (Å²) in [6, 6.07) is 9.31. The zero-order valence-corrected chi connectivity index (χ0v) is 23.8. The first kappa shape index (κ1) is 27.6. The fourth-order valence-corrected chi connectivity index (χ4v) is 7.21. The molecule has 216 valence electrons. The van der Waals surface area contributed by atoms with E-state index in [1.165, 1.54) is 22.6 Å². The van der Waals surface area contributed by atoms with Crippen molar-refractivity contribution in [2.75, 3.05) is 44.3 Å². The van der Waals surface area contributed by atoms with Crippen LogP contribution in [-0.4, -0.2) is 79.0 Å². The number of esters is 1. The Labute approximate surface area is 238 Å². The second kappa shape index (κ2) is 10.7. The summed E-state index contributed by atoms with van der Waals surface area (Å²) in [4.78, 5) is 20.3. The standard InChI is InChI=1S/C29H32FN5O5S/c1-20(2)40-28(36)29-16-21-17-32-35(24-5-3-23(30)4-6-24)26(21)15-22(29)9-10-34(19-29)41(37,38)25-7-8-27(31-18-25)33-11-13-39-14-12-33/h3-8,15,17-18,20H,9-14,16,19H2,1-2H3/t29-/m0/s1. The van der Waals surface area contributed by atoms with Crippen LogP contribution in [0.15, 0.2) is 59.3 Å². The zero-order valence-electron chi connectivity index (χ0n) is 23.0. The van der Waals surface area contributed by atoms with Crippen molar-refractivity contribution in [1.29, 1.82) is 0 Å². The van der Waals surface area contributed by atoms with Crippen LogP contribution in [0.4, 0.5) is 10.2 Å². The predicted molar refractivity (Wildman–Crippen MR) is 150 cm³/mol. The van der Waals surface area contributed by atoms with E-state index in [2.05, 4.69) is 15.0 Å². The van der Waals surface area contributed by atoms with Crippen LogP contribution in [0.2, 0.25) is 0 Å². The summed E-state index contributed by atoms with van der Waals surface area (Å²) in [6.07, 6.45) is 5.19. The lowest BCUT2D eigenvalue weighted by atomic mass is 9.69. The number of piperidine rings is 1. The van der Waals surface area contributed by atoms with Crippen LogP contribution >= 0.6 is 0 Å². The number of fused-ring (bicyclic) bond motifs is 2. The summed E-state index contributed by atoms with van der Waals surface area (Å²) >= 11 is 0. The highest BCUT2D eigenvalue weighted by molar-refractivity contribution is 7.89. The van der Waals surface area contributed by atoms with E-state index in [-0.39, 0.29) is 36.3 Å². The summed E-state index contributed by atoms with van der Waals surface area (Å²) in [6.45, 7) is 6.29. The normalized spacial score (nSPS) is 21.3. The number of hydrogen-bond acceptors (Lipinski definition) is 8. The Kier molecular flexibility index (Phi) is 7.16. The van der Waals surface area contributed by atoms with Gasteiger partial charge in [0.2, 0.25) is 10.0 Å². The van der Waals surface area contributed by atoms with E-state index in [1.807, 2.05) is 6.08 Å². The molecule has 1 aliphatic carbocycles. The van der Waals surface area contributed by atoms with Gasteiger partial charge in [0.1, 0.15) is 21.9 Å². The summed E-state index contributed by atoms with van der Waals surface area (Å²) in [5, 5.41) is 4.51. The van der Waals surface area contributed by atoms with Crippen LogP contribution in [0.3, 0.4) is 0 Å². The third-order valence-corrected chi connectivity index (χ3v) is 9.71. The highest BCUT2D eigenvalue weighted by Crippen LogP contribution is 2.46. The van der Waals surface area contributed by atoms with Crippen molar-refractivity contribution in [1.82, 2.24) is 19.1 Å². The monoisotopic (exact) mass is 581 g/mol. The van der Waals surface area contributed by atoms with Crippen LogP contribution < -0.4 is 4.90 Å². The molecule has 2 aliphatic heterocycles. The number of hydrogen-bond donors (Lipinski definition) is 0. The average Bonchev–Trinajstić information content (AvgIpc) is 3.38. The van der Waals surface area contributed by atoms with E-state index in [0.29, 0.717) is 44.2 Å². The molecule has 0 amide bonds. The number of pyridine rings is 1. The Morgan fingerprint density at radius 1 is 1.07 bits per heavy atom. The third-order valence-electron chi connectivity index (χ3n) is 7.88. The van der Waals surface area contributed by atoms with Gasteiger partial charge in [-0.1, -0.05) is 0 Å². The lowest BCUT2D eigenvalue weighted by Crippen LogP contribution is -2.54. The van der Waals surface area contributed by atoms with Crippen molar-refractivity contribution in [3.05, 3.63) is 71.4 Å². The van der Waals surface area contributed by atoms with Gasteiger partial charge in [-0.05, 0) is 80.3 Å². The van der Waals surface area contributed by atoms with Gasteiger partial charge in [-0.2, -0.15) is 9.40 Å². The van der Waals surface area contributed by atoms with Crippen molar-refractivity contribution < 1.29 is 27.1 Å². The van der Waals surface area contributed by atoms with Gasteiger partial charge in [-0.25, -0.2) is 22.5 Å². The number of carbonyl (C=O) groups is 1. The molecule has 41 heavy (non-hydrogen) atoms. The minimum absolute atomic E-state index is 0.0564. The number of rotatable bonds is 6. The first-order valence-electron chi connectivity index (χ1n) is 13.7. The molecule has 0 saturated carbocycles. The number of ether oxygens (including phenoxy) is 2. The number of carbonyl (C=O) groups excluding carboxylic acids is 1. The topological polar surface area (TPSA) is 107 Å². The molecule has 6 rings (SSSR count). The highest BCUT2D eigenvalue weighted by atomic mass is 32.2. The highest BCUT2D eigenvalue weighted by Gasteiger charge is 2.52. The van der Waals surface area contributed by atoms with Crippen LogP contribution in [0.5, 0.6) is 0 Å². The molecule has 3 aromatic rings. The van der Waals surface area contributed by atoms with Gasteiger partial charge in [0.05, 0.1) is 36.9 Å². The summed E-state index contributed by atoms with van der Waals surface area (Å²) in [5.41, 5.74) is 1.87. The molecule has 2 aromatic heterocycles. The smallest absolute Gasteiger partial charge is 0.318 e. The minimum Gasteiger partial charge on any atom is -0.462 e. The van der Waals surface area contributed by atoms with Crippen molar-refractivity contribution in [3.63, 3.8) is 0 Å². The van der Waals surface area contributed by atoms with Crippen LogP contribution in [0.25, 0.3) is 11.8 Å². The number of nitrogens with zero attached hydrogens (tertiary/aromatic N) is 5. The number of morpholine rings is 1. The Morgan fingerprint density at radius 2 is 1.83 bits per heavy atom. The summed E-state index contributed by atoms with van der Waals surface area (Å²) < 4.78 is 55.4. The van der Waals surface area contributed by atoms with E-state index >= 15 is 0 Å². The van der Waals surface area contributed by atoms with Crippen LogP contribution in [0, 0.1) is 11.2 Å². The lowest BCUT2D eigenvalue weighted by Gasteiger charge is -2.44. The second-order valence-corrected chi connectivity index (χ2v) is 12.8. The van der Waals surface area contributed by atoms with Gasteiger partial charge in [0.15, 0.2) is 0 Å². The molecule has 0 unspecified atom stereocenters. The van der Waals surface area contributed by atoms with Crippen molar-refractivity contribution in [3.8, 4) is 5.69 Å². The number of halogens is 1. The molecule has 0 bridgehead atoms. The number of aromatic nitrogens is 3. The Balaban J connectivity index is 1.32. The fraction of sp³-hybridized carbons (Fsp3) is 0.414. The SMILES string of the molecule is CC(C)OC(=O)[C@]12Cc3cnn(-c4ccc(F)cc4)c3C=C1CCN(S(=O)(=O)c1ccc(N3CCOCC3)nc1)C2. The second-order valence-electron chi connectivity index (χ2n) is 10.9. The molecule has 0 N–H and O–H groups in total. The van der Waals surface area contributed by atoms with Crippen LogP contribution in [0.1, 0.15) is 31.5 Å². The van der Waals surface area contributed by atoms with E-state index in [4.69, 9.17) is 9.47 Å². The predicted octanol–water partition coefficient (Wildman–Crippen LogP) is 3.22. The van der Waals surface area contributed by atoms with Crippen molar-refractivity contribution in [2.24, 2.45) is 5.41 Å². The maximum Gasteiger partial charge on any atom is 0.318 e. The largest absolute Gasteiger partial charge is 0.462 e. The molecule has 1 aromatic carbocycles. The molecule has 0 spiro atoms. The van der Waals surface area contributed by atoms with E-state index in [0.717, 1.165) is 16.8 Å². The van der Waals surface area contributed by atoms with E-state index in [1.54, 1.807) is 49.0 Å². The average molecular weight is 582 g/mol. The minimum atomic E-state index is -3.94. The Hall–Kier alpha value is -3.61. The maximum atomic E-state index is 13.8. The summed E-state index contributed by atoms with van der Waals surface area (Å²) in [5.74, 6) is -0.103. The quantitative estimate of drug-likeness (QED) is 0.409. The molecule has 3 aliphatic rings. The molecular formula is C29H32FN5O5S. The van der Waals surface area contributed by atoms with Gasteiger partial charge >= 0.3 is 5.97 Å². The summed E-state index contributed by atoms with van der Waals surface area (Å²) in [7, 11) is -3.94. The zero-order chi connectivity index (χ0) is 28.8. The number of anilines is 1. The first-order valence-corrected chi connectivity index (χ1v) is 15.2. The van der Waals surface area contributed by atoms with Crippen molar-refractivity contribution >= 4 is 27.9 Å². The first-order chi connectivity index (χ1) is 19.7. The molecular weight excluding hydrogens is 549 g/mol.